The predicted octanol–water partition coefficient (Wildman–Crippen LogP) is 3.73. The van der Waals surface area contributed by atoms with E-state index in [9.17, 15) is 4.79 Å². The molecule has 0 radical (unpaired) electrons. The quantitative estimate of drug-likeness (QED) is 0.405. The molecule has 150 valence electrons. The van der Waals surface area contributed by atoms with Gasteiger partial charge < -0.3 is 15.5 Å². The molecular formula is C22H30N4OS. The molecular weight excluding hydrogens is 368 g/mol. The monoisotopic (exact) mass is 398 g/mol. The van der Waals surface area contributed by atoms with E-state index in [0.717, 1.165) is 45.1 Å². The van der Waals surface area contributed by atoms with Crippen LogP contribution in [0.25, 0.3) is 0 Å². The SMILES string of the molecule is CCNC(=NCC(C)c1ccsc1)NCCCC(=O)N1Cc2ccccc2C1. The van der Waals surface area contributed by atoms with Crippen molar-refractivity contribution in [2.75, 3.05) is 19.6 Å². The van der Waals surface area contributed by atoms with E-state index in [-0.39, 0.29) is 5.91 Å². The average Bonchev–Trinajstić information content (AvgIpc) is 3.38. The van der Waals surface area contributed by atoms with Crippen LogP contribution in [0.4, 0.5) is 0 Å². The normalized spacial score (nSPS) is 14.6. The summed E-state index contributed by atoms with van der Waals surface area (Å²) in [4.78, 5) is 19.1. The number of amides is 1. The van der Waals surface area contributed by atoms with Gasteiger partial charge >= 0.3 is 0 Å². The zero-order valence-electron chi connectivity index (χ0n) is 16.8. The lowest BCUT2D eigenvalue weighted by Gasteiger charge is -2.16. The number of thiophene rings is 1. The van der Waals surface area contributed by atoms with Crippen LogP contribution >= 0.6 is 11.3 Å². The number of fused-ring (bicyclic) bond motifs is 1. The summed E-state index contributed by atoms with van der Waals surface area (Å²) >= 11 is 1.72. The number of guanidine groups is 1. The smallest absolute Gasteiger partial charge is 0.223 e. The summed E-state index contributed by atoms with van der Waals surface area (Å²) in [5.41, 5.74) is 3.88. The number of hydrogen-bond donors (Lipinski definition) is 2. The molecule has 1 amide bonds. The van der Waals surface area contributed by atoms with Crippen molar-refractivity contribution in [1.82, 2.24) is 15.5 Å². The van der Waals surface area contributed by atoms with Gasteiger partial charge in [0.1, 0.15) is 0 Å². The molecule has 1 atom stereocenters. The van der Waals surface area contributed by atoms with Gasteiger partial charge in [-0.25, -0.2) is 0 Å². The molecule has 28 heavy (non-hydrogen) atoms. The molecule has 1 aromatic heterocycles. The van der Waals surface area contributed by atoms with Crippen molar-refractivity contribution in [2.45, 2.75) is 45.7 Å². The fraction of sp³-hybridized carbons (Fsp3) is 0.455. The van der Waals surface area contributed by atoms with Crippen molar-refractivity contribution >= 4 is 23.2 Å². The number of aliphatic imine (C=N–C) groups is 1. The highest BCUT2D eigenvalue weighted by atomic mass is 32.1. The van der Waals surface area contributed by atoms with E-state index >= 15 is 0 Å². The first-order valence-electron chi connectivity index (χ1n) is 10.1. The van der Waals surface area contributed by atoms with Crippen molar-refractivity contribution in [3.05, 3.63) is 57.8 Å². The molecule has 0 bridgehead atoms. The third-order valence-electron chi connectivity index (χ3n) is 5.03. The standard InChI is InChI=1S/C22H30N4OS/c1-3-23-22(25-13-17(2)20-10-12-28-16-20)24-11-6-9-21(27)26-14-18-7-4-5-8-19(18)15-26/h4-5,7-8,10,12,16-17H,3,6,9,11,13-15H2,1-2H3,(H2,23,24,25). The number of nitrogens with one attached hydrogen (secondary N) is 2. The highest BCUT2D eigenvalue weighted by Crippen LogP contribution is 2.23. The Kier molecular flexibility index (Phi) is 7.48. The van der Waals surface area contributed by atoms with Crippen LogP contribution < -0.4 is 10.6 Å². The number of rotatable bonds is 8. The largest absolute Gasteiger partial charge is 0.357 e. The van der Waals surface area contributed by atoms with Gasteiger partial charge in [0, 0.05) is 45.1 Å². The zero-order valence-corrected chi connectivity index (χ0v) is 17.6. The first kappa shape index (κ1) is 20.4. The minimum Gasteiger partial charge on any atom is -0.357 e. The molecule has 1 aromatic carbocycles. The lowest BCUT2D eigenvalue weighted by atomic mass is 10.1. The molecule has 1 aliphatic rings. The summed E-state index contributed by atoms with van der Waals surface area (Å²) in [6.07, 6.45) is 1.36. The molecule has 2 heterocycles. The lowest BCUT2D eigenvalue weighted by molar-refractivity contribution is -0.131. The number of nitrogens with zero attached hydrogens (tertiary/aromatic N) is 2. The minimum absolute atomic E-state index is 0.228. The Labute approximate surface area is 171 Å². The van der Waals surface area contributed by atoms with Crippen LogP contribution in [0.1, 0.15) is 49.3 Å². The van der Waals surface area contributed by atoms with Crippen molar-refractivity contribution in [3.8, 4) is 0 Å². The van der Waals surface area contributed by atoms with E-state index in [2.05, 4.69) is 53.4 Å². The molecule has 2 aromatic rings. The third-order valence-corrected chi connectivity index (χ3v) is 5.73. The van der Waals surface area contributed by atoms with E-state index in [0.29, 0.717) is 12.3 Å². The van der Waals surface area contributed by atoms with E-state index in [1.54, 1.807) is 11.3 Å². The molecule has 1 aliphatic heterocycles. The first-order valence-corrected chi connectivity index (χ1v) is 11.0. The van der Waals surface area contributed by atoms with E-state index < -0.39 is 0 Å². The molecule has 5 nitrogen and oxygen atoms in total. The van der Waals surface area contributed by atoms with Crippen LogP contribution in [0.15, 0.2) is 46.1 Å². The molecule has 0 spiro atoms. The summed E-state index contributed by atoms with van der Waals surface area (Å²) in [6.45, 7) is 8.06. The number of carbonyl (C=O) groups is 1. The molecule has 0 saturated carbocycles. The fourth-order valence-electron chi connectivity index (χ4n) is 3.34. The zero-order chi connectivity index (χ0) is 19.8. The van der Waals surface area contributed by atoms with Crippen molar-refractivity contribution in [2.24, 2.45) is 4.99 Å². The van der Waals surface area contributed by atoms with Crippen LogP contribution in [0.2, 0.25) is 0 Å². The molecule has 6 heteroatoms. The topological polar surface area (TPSA) is 56.7 Å². The van der Waals surface area contributed by atoms with Gasteiger partial charge in [-0.1, -0.05) is 31.2 Å². The van der Waals surface area contributed by atoms with Crippen molar-refractivity contribution < 1.29 is 4.79 Å². The van der Waals surface area contributed by atoms with Gasteiger partial charge in [0.05, 0.1) is 0 Å². The highest BCUT2D eigenvalue weighted by Gasteiger charge is 2.22. The maximum Gasteiger partial charge on any atom is 0.223 e. The summed E-state index contributed by atoms with van der Waals surface area (Å²) in [7, 11) is 0. The van der Waals surface area contributed by atoms with Crippen LogP contribution in [-0.2, 0) is 17.9 Å². The van der Waals surface area contributed by atoms with Crippen molar-refractivity contribution in [1.29, 1.82) is 0 Å². The van der Waals surface area contributed by atoms with Gasteiger partial charge in [0.25, 0.3) is 0 Å². The highest BCUT2D eigenvalue weighted by molar-refractivity contribution is 7.07. The number of hydrogen-bond acceptors (Lipinski definition) is 3. The number of benzene rings is 1. The second kappa shape index (κ2) is 10.3. The Morgan fingerprint density at radius 3 is 2.61 bits per heavy atom. The molecule has 2 N–H and O–H groups in total. The second-order valence-electron chi connectivity index (χ2n) is 7.23. The molecule has 3 rings (SSSR count). The second-order valence-corrected chi connectivity index (χ2v) is 8.01. The molecule has 0 aliphatic carbocycles. The van der Waals surface area contributed by atoms with Crippen LogP contribution in [-0.4, -0.2) is 36.4 Å². The van der Waals surface area contributed by atoms with Gasteiger partial charge in [-0.3, -0.25) is 9.79 Å². The van der Waals surface area contributed by atoms with E-state index in [1.165, 1.54) is 16.7 Å². The maximum absolute atomic E-state index is 12.5. The van der Waals surface area contributed by atoms with Gasteiger partial charge in [-0.15, -0.1) is 0 Å². The Morgan fingerprint density at radius 2 is 1.96 bits per heavy atom. The Morgan fingerprint density at radius 1 is 1.21 bits per heavy atom. The maximum atomic E-state index is 12.5. The lowest BCUT2D eigenvalue weighted by Crippen LogP contribution is -2.38. The molecule has 0 fully saturated rings. The van der Waals surface area contributed by atoms with Gasteiger partial charge in [0.15, 0.2) is 5.96 Å². The van der Waals surface area contributed by atoms with Crippen LogP contribution in [0.5, 0.6) is 0 Å². The first-order chi connectivity index (χ1) is 13.7. The van der Waals surface area contributed by atoms with Gasteiger partial charge in [-0.2, -0.15) is 11.3 Å². The summed E-state index contributed by atoms with van der Waals surface area (Å²) in [6, 6.07) is 10.5. The Hall–Kier alpha value is -2.34. The Bertz CT molecular complexity index is 763. The summed E-state index contributed by atoms with van der Waals surface area (Å²) in [5.74, 6) is 1.46. The summed E-state index contributed by atoms with van der Waals surface area (Å²) < 4.78 is 0. The van der Waals surface area contributed by atoms with E-state index in [1.807, 2.05) is 17.0 Å². The predicted molar refractivity (Wildman–Crippen MR) is 117 cm³/mol. The fourth-order valence-corrected chi connectivity index (χ4v) is 4.13. The van der Waals surface area contributed by atoms with E-state index in [4.69, 9.17) is 4.99 Å². The average molecular weight is 399 g/mol. The molecule has 1 unspecified atom stereocenters. The Balaban J connectivity index is 1.40. The van der Waals surface area contributed by atoms with Gasteiger partial charge in [0.2, 0.25) is 5.91 Å². The van der Waals surface area contributed by atoms with Crippen molar-refractivity contribution in [3.63, 3.8) is 0 Å². The third kappa shape index (κ3) is 5.58. The van der Waals surface area contributed by atoms with Crippen LogP contribution in [0.3, 0.4) is 0 Å². The van der Waals surface area contributed by atoms with Gasteiger partial charge in [-0.05, 0) is 46.9 Å². The molecule has 0 saturated heterocycles. The minimum atomic E-state index is 0.228. The summed E-state index contributed by atoms with van der Waals surface area (Å²) in [5, 5.41) is 10.9. The number of carbonyl (C=O) groups excluding carboxylic acids is 1. The van der Waals surface area contributed by atoms with Crippen LogP contribution in [0, 0.1) is 0 Å².